The van der Waals surface area contributed by atoms with Crippen LogP contribution in [-0.4, -0.2) is 16.1 Å². The number of hydrogen-bond donors (Lipinski definition) is 1. The molecule has 0 spiro atoms. The van der Waals surface area contributed by atoms with Crippen LogP contribution in [0.5, 0.6) is 0 Å². The summed E-state index contributed by atoms with van der Waals surface area (Å²) in [5.41, 5.74) is 0.849. The molecule has 1 aromatic heterocycles. The first-order valence-corrected chi connectivity index (χ1v) is 6.27. The predicted octanol–water partition coefficient (Wildman–Crippen LogP) is 3.06. The van der Waals surface area contributed by atoms with Gasteiger partial charge in [0.1, 0.15) is 4.88 Å². The zero-order valence-electron chi connectivity index (χ0n) is 8.82. The lowest BCUT2D eigenvalue weighted by atomic mass is 9.82. The molecule has 1 aliphatic rings. The van der Waals surface area contributed by atoms with E-state index in [9.17, 15) is 4.79 Å². The Morgan fingerprint density at radius 3 is 2.80 bits per heavy atom. The topological polar surface area (TPSA) is 50.2 Å². The van der Waals surface area contributed by atoms with Crippen molar-refractivity contribution >= 4 is 17.3 Å². The standard InChI is InChI=1S/C11H15NO2S/c1-2-4-8-12-9(7-5-3-6-7)10(15-8)11(13)14/h7H,2-6H2,1H3,(H,13,14). The van der Waals surface area contributed by atoms with Gasteiger partial charge in [-0.1, -0.05) is 13.3 Å². The summed E-state index contributed by atoms with van der Waals surface area (Å²) in [6.45, 7) is 2.09. The normalized spacial score (nSPS) is 16.3. The van der Waals surface area contributed by atoms with Gasteiger partial charge in [-0.3, -0.25) is 0 Å². The molecule has 1 saturated carbocycles. The highest BCUT2D eigenvalue weighted by Gasteiger charge is 2.28. The number of aromatic carboxylic acids is 1. The van der Waals surface area contributed by atoms with E-state index >= 15 is 0 Å². The lowest BCUT2D eigenvalue weighted by Gasteiger charge is -2.23. The van der Waals surface area contributed by atoms with Crippen LogP contribution in [0.4, 0.5) is 0 Å². The van der Waals surface area contributed by atoms with Gasteiger partial charge in [0.25, 0.3) is 0 Å². The highest BCUT2D eigenvalue weighted by Crippen LogP contribution is 2.39. The summed E-state index contributed by atoms with van der Waals surface area (Å²) in [7, 11) is 0. The number of hydrogen-bond acceptors (Lipinski definition) is 3. The van der Waals surface area contributed by atoms with Gasteiger partial charge in [-0.15, -0.1) is 11.3 Å². The van der Waals surface area contributed by atoms with Gasteiger partial charge in [0.05, 0.1) is 10.7 Å². The van der Waals surface area contributed by atoms with Crippen LogP contribution in [0.1, 0.15) is 58.9 Å². The number of aryl methyl sites for hydroxylation is 1. The third-order valence-electron chi connectivity index (χ3n) is 2.85. The van der Waals surface area contributed by atoms with Gasteiger partial charge in [-0.05, 0) is 25.7 Å². The average molecular weight is 225 g/mol. The van der Waals surface area contributed by atoms with E-state index in [0.29, 0.717) is 10.8 Å². The van der Waals surface area contributed by atoms with Crippen LogP contribution in [0.25, 0.3) is 0 Å². The van der Waals surface area contributed by atoms with Crippen molar-refractivity contribution < 1.29 is 9.90 Å². The van der Waals surface area contributed by atoms with Crippen molar-refractivity contribution in [1.82, 2.24) is 4.98 Å². The molecule has 1 fully saturated rings. The Kier molecular flexibility index (Phi) is 3.05. The zero-order chi connectivity index (χ0) is 10.8. The van der Waals surface area contributed by atoms with Crippen molar-refractivity contribution in [2.45, 2.75) is 44.9 Å². The summed E-state index contributed by atoms with van der Waals surface area (Å²) >= 11 is 1.36. The van der Waals surface area contributed by atoms with Gasteiger partial charge < -0.3 is 5.11 Å². The number of aromatic nitrogens is 1. The van der Waals surface area contributed by atoms with E-state index in [1.165, 1.54) is 17.8 Å². The van der Waals surface area contributed by atoms with Crippen molar-refractivity contribution in [2.75, 3.05) is 0 Å². The Morgan fingerprint density at radius 1 is 1.60 bits per heavy atom. The summed E-state index contributed by atoms with van der Waals surface area (Å²) in [6.07, 6.45) is 5.35. The van der Waals surface area contributed by atoms with E-state index in [0.717, 1.165) is 36.4 Å². The smallest absolute Gasteiger partial charge is 0.347 e. The van der Waals surface area contributed by atoms with Crippen LogP contribution in [-0.2, 0) is 6.42 Å². The quantitative estimate of drug-likeness (QED) is 0.856. The molecular weight excluding hydrogens is 210 g/mol. The van der Waals surface area contributed by atoms with Gasteiger partial charge in [0.2, 0.25) is 0 Å². The lowest BCUT2D eigenvalue weighted by molar-refractivity contribution is 0.0699. The van der Waals surface area contributed by atoms with Gasteiger partial charge in [0.15, 0.2) is 0 Å². The molecule has 0 bridgehead atoms. The summed E-state index contributed by atoms with van der Waals surface area (Å²) in [4.78, 5) is 16.0. The number of carboxylic acid groups (broad SMARTS) is 1. The molecule has 3 nitrogen and oxygen atoms in total. The number of carbonyl (C=O) groups is 1. The molecule has 1 heterocycles. The number of thiazole rings is 1. The second-order valence-corrected chi connectivity index (χ2v) is 5.09. The summed E-state index contributed by atoms with van der Waals surface area (Å²) in [6, 6.07) is 0. The Hall–Kier alpha value is -0.900. The fourth-order valence-corrected chi connectivity index (χ4v) is 2.90. The number of nitrogens with zero attached hydrogens (tertiary/aromatic N) is 1. The Balaban J connectivity index is 2.28. The molecular formula is C11H15NO2S. The van der Waals surface area contributed by atoms with Crippen molar-refractivity contribution in [2.24, 2.45) is 0 Å². The number of rotatable bonds is 4. The molecule has 0 atom stereocenters. The predicted molar refractivity (Wildman–Crippen MR) is 59.7 cm³/mol. The first kappa shape index (κ1) is 10.6. The minimum Gasteiger partial charge on any atom is -0.477 e. The molecule has 1 aliphatic carbocycles. The SMILES string of the molecule is CCCc1nc(C2CCC2)c(C(=O)O)s1. The maximum atomic E-state index is 11.1. The number of carboxylic acids is 1. The molecule has 0 radical (unpaired) electrons. The van der Waals surface area contributed by atoms with Gasteiger partial charge in [-0.2, -0.15) is 0 Å². The van der Waals surface area contributed by atoms with E-state index in [1.807, 2.05) is 0 Å². The van der Waals surface area contributed by atoms with E-state index < -0.39 is 5.97 Å². The fraction of sp³-hybridized carbons (Fsp3) is 0.636. The van der Waals surface area contributed by atoms with Gasteiger partial charge >= 0.3 is 5.97 Å². The van der Waals surface area contributed by atoms with E-state index in [4.69, 9.17) is 5.11 Å². The molecule has 0 aliphatic heterocycles. The maximum Gasteiger partial charge on any atom is 0.347 e. The molecule has 2 rings (SSSR count). The zero-order valence-corrected chi connectivity index (χ0v) is 9.64. The lowest BCUT2D eigenvalue weighted by Crippen LogP contribution is -2.12. The summed E-state index contributed by atoms with van der Waals surface area (Å²) < 4.78 is 0. The molecule has 0 unspecified atom stereocenters. The average Bonchev–Trinajstić information content (AvgIpc) is 2.46. The third kappa shape index (κ3) is 2.04. The van der Waals surface area contributed by atoms with Crippen LogP contribution >= 0.6 is 11.3 Å². The second-order valence-electron chi connectivity index (χ2n) is 4.00. The summed E-state index contributed by atoms with van der Waals surface area (Å²) in [5, 5.41) is 10.1. The van der Waals surface area contributed by atoms with Crippen LogP contribution in [0.15, 0.2) is 0 Å². The second kappa shape index (κ2) is 4.31. The Bertz CT molecular complexity index is 369. The molecule has 15 heavy (non-hydrogen) atoms. The van der Waals surface area contributed by atoms with Crippen molar-refractivity contribution in [1.29, 1.82) is 0 Å². The van der Waals surface area contributed by atoms with Crippen LogP contribution in [0, 0.1) is 0 Å². The monoisotopic (exact) mass is 225 g/mol. The first-order chi connectivity index (χ1) is 7.22. The van der Waals surface area contributed by atoms with Crippen LogP contribution in [0.2, 0.25) is 0 Å². The van der Waals surface area contributed by atoms with E-state index in [-0.39, 0.29) is 0 Å². The van der Waals surface area contributed by atoms with E-state index in [2.05, 4.69) is 11.9 Å². The Labute approximate surface area is 93.2 Å². The van der Waals surface area contributed by atoms with Gasteiger partial charge in [0, 0.05) is 5.92 Å². The molecule has 1 N–H and O–H groups in total. The van der Waals surface area contributed by atoms with Crippen molar-refractivity contribution in [3.8, 4) is 0 Å². The minimum absolute atomic E-state index is 0.415. The molecule has 0 amide bonds. The van der Waals surface area contributed by atoms with Gasteiger partial charge in [-0.25, -0.2) is 9.78 Å². The maximum absolute atomic E-state index is 11.1. The molecule has 0 saturated heterocycles. The minimum atomic E-state index is -0.809. The van der Waals surface area contributed by atoms with Crippen LogP contribution in [0.3, 0.4) is 0 Å². The third-order valence-corrected chi connectivity index (χ3v) is 3.97. The molecule has 0 aromatic carbocycles. The Morgan fingerprint density at radius 2 is 2.33 bits per heavy atom. The highest BCUT2D eigenvalue weighted by atomic mass is 32.1. The summed E-state index contributed by atoms with van der Waals surface area (Å²) in [5.74, 6) is -0.394. The fourth-order valence-electron chi connectivity index (χ4n) is 1.81. The first-order valence-electron chi connectivity index (χ1n) is 5.45. The largest absolute Gasteiger partial charge is 0.477 e. The highest BCUT2D eigenvalue weighted by molar-refractivity contribution is 7.13. The molecule has 1 aromatic rings. The van der Waals surface area contributed by atoms with E-state index in [1.54, 1.807) is 0 Å². The molecule has 82 valence electrons. The molecule has 4 heteroatoms. The van der Waals surface area contributed by atoms with Crippen molar-refractivity contribution in [3.05, 3.63) is 15.6 Å². The van der Waals surface area contributed by atoms with Crippen LogP contribution < -0.4 is 0 Å². The van der Waals surface area contributed by atoms with Crippen molar-refractivity contribution in [3.63, 3.8) is 0 Å².